The molecular weight excluding hydrogens is 322 g/mol. The first-order valence-electron chi connectivity index (χ1n) is 8.29. The van der Waals surface area contributed by atoms with Gasteiger partial charge in [0.2, 0.25) is 10.0 Å². The SMILES string of the molecule is CCN(Cc1ccccc1)S(=O)(=O)c1cc(CNC)n(C(C)C)c1. The summed E-state index contributed by atoms with van der Waals surface area (Å²) in [5.41, 5.74) is 1.96. The van der Waals surface area contributed by atoms with Gasteiger partial charge in [-0.05, 0) is 32.5 Å². The zero-order chi connectivity index (χ0) is 17.7. The number of aromatic nitrogens is 1. The number of rotatable bonds is 8. The van der Waals surface area contributed by atoms with Gasteiger partial charge in [-0.1, -0.05) is 37.3 Å². The minimum Gasteiger partial charge on any atom is -0.346 e. The third-order valence-corrected chi connectivity index (χ3v) is 5.90. The summed E-state index contributed by atoms with van der Waals surface area (Å²) in [5, 5.41) is 3.10. The predicted molar refractivity (Wildman–Crippen MR) is 97.3 cm³/mol. The lowest BCUT2D eigenvalue weighted by Crippen LogP contribution is -2.30. The number of nitrogens with one attached hydrogen (secondary N) is 1. The highest BCUT2D eigenvalue weighted by Gasteiger charge is 2.26. The standard InChI is InChI=1S/C18H27N3O2S/c1-5-20(13-16-9-7-6-8-10-16)24(22,23)18-11-17(12-19-4)21(14-18)15(2)3/h6-11,14-15,19H,5,12-13H2,1-4H3. The van der Waals surface area contributed by atoms with Crippen LogP contribution in [0.5, 0.6) is 0 Å². The smallest absolute Gasteiger partial charge is 0.244 e. The normalized spacial score (nSPS) is 12.2. The molecular formula is C18H27N3O2S. The molecule has 2 rings (SSSR count). The third-order valence-electron chi connectivity index (χ3n) is 4.01. The van der Waals surface area contributed by atoms with Gasteiger partial charge in [-0.25, -0.2) is 8.42 Å². The van der Waals surface area contributed by atoms with Gasteiger partial charge >= 0.3 is 0 Å². The van der Waals surface area contributed by atoms with E-state index in [2.05, 4.69) is 19.2 Å². The van der Waals surface area contributed by atoms with Crippen molar-refractivity contribution in [2.75, 3.05) is 13.6 Å². The molecule has 1 aromatic carbocycles. The molecule has 0 saturated heterocycles. The molecule has 0 aliphatic rings. The Morgan fingerprint density at radius 2 is 1.88 bits per heavy atom. The van der Waals surface area contributed by atoms with Gasteiger partial charge in [0.05, 0.1) is 0 Å². The first-order valence-corrected chi connectivity index (χ1v) is 9.73. The molecule has 0 radical (unpaired) electrons. The molecule has 0 bridgehead atoms. The molecule has 1 aromatic heterocycles. The molecule has 132 valence electrons. The Bertz CT molecular complexity index is 752. The molecule has 6 heteroatoms. The highest BCUT2D eigenvalue weighted by atomic mass is 32.2. The number of benzene rings is 1. The second-order valence-corrected chi connectivity index (χ2v) is 8.05. The average Bonchev–Trinajstić information content (AvgIpc) is 2.99. The molecule has 0 fully saturated rings. The molecule has 24 heavy (non-hydrogen) atoms. The highest BCUT2D eigenvalue weighted by Crippen LogP contribution is 2.23. The second-order valence-electron chi connectivity index (χ2n) is 6.12. The molecule has 1 heterocycles. The Labute approximate surface area is 145 Å². The van der Waals surface area contributed by atoms with Gasteiger partial charge in [0.1, 0.15) is 4.90 Å². The van der Waals surface area contributed by atoms with Crippen LogP contribution in [0, 0.1) is 0 Å². The number of hydrogen-bond donors (Lipinski definition) is 1. The summed E-state index contributed by atoms with van der Waals surface area (Å²) in [6.45, 7) is 7.43. The van der Waals surface area contributed by atoms with Crippen LogP contribution in [0.25, 0.3) is 0 Å². The van der Waals surface area contributed by atoms with Crippen molar-refractivity contribution in [1.82, 2.24) is 14.2 Å². The van der Waals surface area contributed by atoms with Crippen LogP contribution < -0.4 is 5.32 Å². The topological polar surface area (TPSA) is 54.3 Å². The predicted octanol–water partition coefficient (Wildman–Crippen LogP) is 3.00. The third kappa shape index (κ3) is 4.06. The van der Waals surface area contributed by atoms with Crippen LogP contribution in [0.2, 0.25) is 0 Å². The summed E-state index contributed by atoms with van der Waals surface area (Å²) in [4.78, 5) is 0.360. The first-order chi connectivity index (χ1) is 11.4. The maximum absolute atomic E-state index is 13.1. The van der Waals surface area contributed by atoms with Crippen molar-refractivity contribution in [1.29, 1.82) is 0 Å². The Hall–Kier alpha value is -1.63. The van der Waals surface area contributed by atoms with Crippen LogP contribution in [0.3, 0.4) is 0 Å². The zero-order valence-corrected chi connectivity index (χ0v) is 15.7. The fraction of sp³-hybridized carbons (Fsp3) is 0.444. The van der Waals surface area contributed by atoms with Crippen LogP contribution in [0.4, 0.5) is 0 Å². The van der Waals surface area contributed by atoms with Crippen molar-refractivity contribution in [2.24, 2.45) is 0 Å². The minimum absolute atomic E-state index is 0.210. The van der Waals surface area contributed by atoms with Gasteiger partial charge < -0.3 is 9.88 Å². The highest BCUT2D eigenvalue weighted by molar-refractivity contribution is 7.89. The second kappa shape index (κ2) is 7.96. The van der Waals surface area contributed by atoms with Gasteiger partial charge in [-0.3, -0.25) is 0 Å². The molecule has 0 saturated carbocycles. The summed E-state index contributed by atoms with van der Waals surface area (Å²) in [5.74, 6) is 0. The Balaban J connectivity index is 2.35. The van der Waals surface area contributed by atoms with E-state index in [-0.39, 0.29) is 6.04 Å². The fourth-order valence-electron chi connectivity index (χ4n) is 2.74. The summed E-state index contributed by atoms with van der Waals surface area (Å²) in [6, 6.07) is 11.7. The van der Waals surface area contributed by atoms with Gasteiger partial charge in [-0.2, -0.15) is 4.31 Å². The summed E-state index contributed by atoms with van der Waals surface area (Å²) < 4.78 is 29.6. The quantitative estimate of drug-likeness (QED) is 0.797. The lowest BCUT2D eigenvalue weighted by atomic mass is 10.2. The molecule has 0 unspecified atom stereocenters. The van der Waals surface area contributed by atoms with Crippen molar-refractivity contribution < 1.29 is 8.42 Å². The maximum atomic E-state index is 13.1. The van der Waals surface area contributed by atoms with E-state index in [1.807, 2.05) is 48.9 Å². The van der Waals surface area contributed by atoms with Crippen LogP contribution in [-0.2, 0) is 23.1 Å². The van der Waals surface area contributed by atoms with E-state index >= 15 is 0 Å². The largest absolute Gasteiger partial charge is 0.346 e. The van der Waals surface area contributed by atoms with E-state index in [9.17, 15) is 8.42 Å². The lowest BCUT2D eigenvalue weighted by Gasteiger charge is -2.20. The summed E-state index contributed by atoms with van der Waals surface area (Å²) >= 11 is 0. The zero-order valence-electron chi connectivity index (χ0n) is 14.9. The molecule has 5 nitrogen and oxygen atoms in total. The van der Waals surface area contributed by atoms with Gasteiger partial charge in [0, 0.05) is 37.6 Å². The molecule has 0 amide bonds. The molecule has 0 aliphatic heterocycles. The van der Waals surface area contributed by atoms with Crippen molar-refractivity contribution >= 4 is 10.0 Å². The average molecular weight is 350 g/mol. The summed E-state index contributed by atoms with van der Waals surface area (Å²) in [7, 11) is -1.66. The fourth-order valence-corrected chi connectivity index (χ4v) is 4.23. The molecule has 2 aromatic rings. The van der Waals surface area contributed by atoms with E-state index in [4.69, 9.17) is 0 Å². The van der Waals surface area contributed by atoms with Crippen molar-refractivity contribution in [3.8, 4) is 0 Å². The Kier molecular flexibility index (Phi) is 6.21. The van der Waals surface area contributed by atoms with E-state index in [1.54, 1.807) is 12.3 Å². The van der Waals surface area contributed by atoms with Crippen molar-refractivity contribution in [2.45, 2.75) is 44.8 Å². The molecule has 1 N–H and O–H groups in total. The van der Waals surface area contributed by atoms with Gasteiger partial charge in [-0.15, -0.1) is 0 Å². The number of nitrogens with zero attached hydrogens (tertiary/aromatic N) is 2. The van der Waals surface area contributed by atoms with Crippen LogP contribution in [-0.4, -0.2) is 30.9 Å². The first kappa shape index (κ1) is 18.7. The van der Waals surface area contributed by atoms with Crippen LogP contribution in [0.15, 0.2) is 47.5 Å². The number of hydrogen-bond acceptors (Lipinski definition) is 3. The number of sulfonamides is 1. The monoisotopic (exact) mass is 349 g/mol. The molecule has 0 atom stereocenters. The van der Waals surface area contributed by atoms with Crippen LogP contribution in [0.1, 0.15) is 38.1 Å². The van der Waals surface area contributed by atoms with E-state index in [0.29, 0.717) is 24.5 Å². The minimum atomic E-state index is -3.52. The Morgan fingerprint density at radius 3 is 2.42 bits per heavy atom. The van der Waals surface area contributed by atoms with Gasteiger partial charge in [0.15, 0.2) is 0 Å². The maximum Gasteiger partial charge on any atom is 0.244 e. The van der Waals surface area contributed by atoms with E-state index in [0.717, 1.165) is 11.3 Å². The van der Waals surface area contributed by atoms with E-state index in [1.165, 1.54) is 4.31 Å². The lowest BCUT2D eigenvalue weighted by molar-refractivity contribution is 0.423. The Morgan fingerprint density at radius 1 is 1.21 bits per heavy atom. The molecule has 0 aliphatic carbocycles. The van der Waals surface area contributed by atoms with Crippen molar-refractivity contribution in [3.63, 3.8) is 0 Å². The van der Waals surface area contributed by atoms with Crippen LogP contribution >= 0.6 is 0 Å². The van der Waals surface area contributed by atoms with Crippen molar-refractivity contribution in [3.05, 3.63) is 53.9 Å². The molecule has 0 spiro atoms. The summed E-state index contributed by atoms with van der Waals surface area (Å²) in [6.07, 6.45) is 1.75. The van der Waals surface area contributed by atoms with E-state index < -0.39 is 10.0 Å². The van der Waals surface area contributed by atoms with Gasteiger partial charge in [0.25, 0.3) is 0 Å².